The Morgan fingerprint density at radius 3 is 3.21 bits per heavy atom. The second-order valence-corrected chi connectivity index (χ2v) is 2.87. The van der Waals surface area contributed by atoms with E-state index in [1.54, 1.807) is 0 Å². The quantitative estimate of drug-likeness (QED) is 0.277. The maximum Gasteiger partial charge on any atom is 0.268 e. The smallest absolute Gasteiger partial charge is 0.268 e. The largest absolute Gasteiger partial charge is 0.381 e. The van der Waals surface area contributed by atoms with E-state index in [-0.39, 0.29) is 11.9 Å². The molecule has 0 aromatic rings. The first-order valence-corrected chi connectivity index (χ1v) is 4.30. The highest BCUT2D eigenvalue weighted by atomic mass is 16.7. The van der Waals surface area contributed by atoms with E-state index in [1.165, 1.54) is 7.05 Å². The zero-order chi connectivity index (χ0) is 11.3. The number of guanidine groups is 1. The number of nitro groups is 1. The van der Waals surface area contributed by atoms with Gasteiger partial charge < -0.3 is 15.4 Å². The van der Waals surface area contributed by atoms with Crippen molar-refractivity contribution < 1.29 is 11.1 Å². The van der Waals surface area contributed by atoms with Gasteiger partial charge in [0.2, 0.25) is 0 Å². The minimum Gasteiger partial charge on any atom is -0.381 e. The van der Waals surface area contributed by atoms with Gasteiger partial charge in [-0.05, 0) is 6.42 Å². The van der Waals surface area contributed by atoms with Gasteiger partial charge in [-0.2, -0.15) is 0 Å². The van der Waals surface area contributed by atoms with E-state index in [0.29, 0.717) is 13.2 Å². The molecule has 80 valence electrons. The van der Waals surface area contributed by atoms with Gasteiger partial charge in [0.25, 0.3) is 5.96 Å². The fraction of sp³-hybridized carbons (Fsp3) is 0.857. The molecule has 1 aliphatic rings. The summed E-state index contributed by atoms with van der Waals surface area (Å²) in [6, 6.07) is 0. The van der Waals surface area contributed by atoms with Gasteiger partial charge >= 0.3 is 0 Å². The first kappa shape index (κ1) is 9.20. The molecule has 2 N–H and O–H groups in total. The summed E-state index contributed by atoms with van der Waals surface area (Å²) in [4.78, 5) is 10.1. The molecule has 0 aromatic heterocycles. The monoisotopic (exact) mass is 204 g/mol. The van der Waals surface area contributed by atoms with E-state index in [0.717, 1.165) is 6.42 Å². The Labute approximate surface area is 83.1 Å². The molecule has 1 aliphatic heterocycles. The second-order valence-electron chi connectivity index (χ2n) is 2.87. The lowest BCUT2D eigenvalue weighted by Gasteiger charge is -2.09. The summed E-state index contributed by atoms with van der Waals surface area (Å²) in [6.07, 6.45) is 0.788. The van der Waals surface area contributed by atoms with E-state index in [4.69, 9.17) is 6.11 Å². The number of hydrogen-bond donors (Lipinski definition) is 2. The van der Waals surface area contributed by atoms with Gasteiger partial charge in [-0.1, -0.05) is 0 Å². The average molecular weight is 204 g/mol. The van der Waals surface area contributed by atoms with Crippen molar-refractivity contribution in [3.63, 3.8) is 0 Å². The van der Waals surface area contributed by atoms with Crippen molar-refractivity contribution in [3.05, 3.63) is 10.1 Å². The predicted octanol–water partition coefficient (Wildman–Crippen LogP) is -0.620. The molecule has 0 radical (unpaired) electrons. The van der Waals surface area contributed by atoms with Crippen molar-refractivity contribution in [1.82, 2.24) is 10.6 Å². The number of rotatable bonds is 3. The lowest BCUT2D eigenvalue weighted by Crippen LogP contribution is -2.38. The summed E-state index contributed by atoms with van der Waals surface area (Å²) in [7, 11) is 1.51. The Bertz CT molecular complexity index is 255. The molecule has 7 nitrogen and oxygen atoms in total. The summed E-state index contributed by atoms with van der Waals surface area (Å²) in [6.45, 7) is 0.512. The molecule has 1 fully saturated rings. The molecule has 0 spiro atoms. The highest BCUT2D eigenvalue weighted by Gasteiger charge is 2.16. The Morgan fingerprint density at radius 2 is 2.71 bits per heavy atom. The van der Waals surface area contributed by atoms with Gasteiger partial charge in [0.05, 0.1) is 6.61 Å². The number of ether oxygens (including phenoxy) is 1. The molecule has 0 aliphatic carbocycles. The molecular weight excluding hydrogens is 188 g/mol. The van der Waals surface area contributed by atoms with Crippen molar-refractivity contribution in [3.8, 4) is 0 Å². The van der Waals surface area contributed by atoms with Crippen LogP contribution in [0, 0.1) is 16.0 Å². The van der Waals surface area contributed by atoms with E-state index >= 15 is 0 Å². The zero-order valence-electron chi connectivity index (χ0n) is 8.90. The molecule has 0 amide bonds. The molecule has 7 heteroatoms. The highest BCUT2D eigenvalue weighted by Crippen LogP contribution is 2.10. The summed E-state index contributed by atoms with van der Waals surface area (Å²) in [5, 5.41) is 17.5. The topological polar surface area (TPSA) is 88.8 Å². The van der Waals surface area contributed by atoms with Gasteiger partial charge in [0.15, 0.2) is 5.03 Å². The van der Waals surface area contributed by atoms with Crippen molar-refractivity contribution in [2.75, 3.05) is 26.8 Å². The van der Waals surface area contributed by atoms with Crippen molar-refractivity contribution in [2.24, 2.45) is 11.0 Å². The van der Waals surface area contributed by atoms with Gasteiger partial charge in [0, 0.05) is 27.5 Å². The van der Waals surface area contributed by atoms with E-state index in [2.05, 4.69) is 15.7 Å². The van der Waals surface area contributed by atoms with Crippen molar-refractivity contribution in [1.29, 1.82) is 0 Å². The third-order valence-corrected chi connectivity index (χ3v) is 1.84. The van der Waals surface area contributed by atoms with Gasteiger partial charge in [-0.15, -0.1) is 0 Å². The lowest BCUT2D eigenvalue weighted by atomic mass is 10.1. The summed E-state index contributed by atoms with van der Waals surface area (Å²) >= 11 is 0. The van der Waals surface area contributed by atoms with Crippen LogP contribution in [-0.2, 0) is 4.74 Å². The lowest BCUT2D eigenvalue weighted by molar-refractivity contribution is -0.485. The standard InChI is InChI=1S/C7H14N4O3/c1-8-7(10-11(12)13)9-4-6-2-3-14-5-6/h6H,2-5H2,1H3,(H2,8,9,10)/i4T. The van der Waals surface area contributed by atoms with Gasteiger partial charge in [-0.3, -0.25) is 0 Å². The SMILES string of the molecule is [3H]C(N/C(=N/[N+](=O)[O-])NC)C1CCOC1. The van der Waals surface area contributed by atoms with Gasteiger partial charge in [0.1, 0.15) is 5.10 Å². The normalized spacial score (nSPS) is 25.4. The minimum atomic E-state index is -0.809. The first-order valence-electron chi connectivity index (χ1n) is 4.88. The highest BCUT2D eigenvalue weighted by molar-refractivity contribution is 5.78. The third-order valence-electron chi connectivity index (χ3n) is 1.84. The average Bonchev–Trinajstić information content (AvgIpc) is 2.68. The Balaban J connectivity index is 2.46. The van der Waals surface area contributed by atoms with Crippen molar-refractivity contribution >= 4 is 5.96 Å². The maximum absolute atomic E-state index is 10.1. The summed E-state index contributed by atoms with van der Waals surface area (Å²) in [5.74, 6) is 0.0437. The molecule has 1 heterocycles. The molecule has 2 unspecified atom stereocenters. The van der Waals surface area contributed by atoms with Crippen LogP contribution in [0.1, 0.15) is 7.79 Å². The van der Waals surface area contributed by atoms with E-state index < -0.39 is 11.6 Å². The number of hydrazone groups is 1. The third kappa shape index (κ3) is 3.56. The molecule has 0 aromatic carbocycles. The van der Waals surface area contributed by atoms with Crippen LogP contribution in [0.25, 0.3) is 0 Å². The summed E-state index contributed by atoms with van der Waals surface area (Å²) in [5.41, 5.74) is 0. The first-order chi connectivity index (χ1) is 7.13. The molecular formula is C7H14N4O3. The Hall–Kier alpha value is -1.37. The number of hydrogen-bond acceptors (Lipinski definition) is 3. The van der Waals surface area contributed by atoms with E-state index in [1.807, 2.05) is 0 Å². The van der Waals surface area contributed by atoms with Crippen molar-refractivity contribution in [2.45, 2.75) is 6.42 Å². The molecule has 14 heavy (non-hydrogen) atoms. The zero-order valence-corrected chi connectivity index (χ0v) is 7.90. The molecule has 2 atom stereocenters. The van der Waals surface area contributed by atoms with Crippen LogP contribution in [0.15, 0.2) is 5.10 Å². The molecule has 0 saturated carbocycles. The predicted molar refractivity (Wildman–Crippen MR) is 50.4 cm³/mol. The van der Waals surface area contributed by atoms with E-state index in [9.17, 15) is 10.1 Å². The Morgan fingerprint density at radius 1 is 1.93 bits per heavy atom. The summed E-state index contributed by atoms with van der Waals surface area (Å²) < 4.78 is 12.8. The molecule has 1 rings (SSSR count). The van der Waals surface area contributed by atoms with Crippen LogP contribution >= 0.6 is 0 Å². The van der Waals surface area contributed by atoms with Crippen LogP contribution in [-0.4, -0.2) is 37.8 Å². The fourth-order valence-corrected chi connectivity index (χ4v) is 1.11. The van der Waals surface area contributed by atoms with Crippen LogP contribution < -0.4 is 10.6 Å². The van der Waals surface area contributed by atoms with Gasteiger partial charge in [-0.25, -0.2) is 10.1 Å². The minimum absolute atomic E-state index is 0.00750. The van der Waals surface area contributed by atoms with Crippen LogP contribution in [0.5, 0.6) is 0 Å². The fourth-order valence-electron chi connectivity index (χ4n) is 1.11. The Kier molecular flexibility index (Phi) is 3.53. The maximum atomic E-state index is 10.1. The number of nitrogens with zero attached hydrogens (tertiary/aromatic N) is 2. The van der Waals surface area contributed by atoms with Crippen LogP contribution in [0.2, 0.25) is 0 Å². The van der Waals surface area contributed by atoms with Crippen LogP contribution in [0.4, 0.5) is 0 Å². The second kappa shape index (κ2) is 5.38. The number of nitrogens with one attached hydrogen (secondary N) is 2. The molecule has 0 bridgehead atoms. The van der Waals surface area contributed by atoms with Crippen LogP contribution in [0.3, 0.4) is 0 Å². The molecule has 1 saturated heterocycles.